The van der Waals surface area contributed by atoms with E-state index in [-0.39, 0.29) is 12.1 Å². The summed E-state index contributed by atoms with van der Waals surface area (Å²) in [4.78, 5) is 20.0. The number of urea groups is 1. The molecule has 0 N–H and O–H groups in total. The molecule has 2 amide bonds. The number of halogens is 1. The van der Waals surface area contributed by atoms with Crippen LogP contribution < -0.4 is 4.90 Å². The summed E-state index contributed by atoms with van der Waals surface area (Å²) < 4.78 is 1.16. The van der Waals surface area contributed by atoms with Crippen LogP contribution in [0.1, 0.15) is 29.5 Å². The zero-order valence-corrected chi connectivity index (χ0v) is 21.0. The van der Waals surface area contributed by atoms with Crippen LogP contribution in [-0.2, 0) is 13.1 Å². The Bertz CT molecular complexity index is 1050. The lowest BCUT2D eigenvalue weighted by atomic mass is 10.0. The molecule has 0 aromatic heterocycles. The molecule has 0 radical (unpaired) electrons. The minimum Gasteiger partial charge on any atom is -0.317 e. The van der Waals surface area contributed by atoms with Crippen molar-refractivity contribution < 1.29 is 4.79 Å². The van der Waals surface area contributed by atoms with Crippen LogP contribution in [-0.4, -0.2) is 42.0 Å². The number of nitrogens with zero attached hydrogens (tertiary/aromatic N) is 3. The first kappa shape index (κ1) is 23.5. The quantitative estimate of drug-likeness (QED) is 0.383. The van der Waals surface area contributed by atoms with Crippen molar-refractivity contribution in [3.63, 3.8) is 0 Å². The van der Waals surface area contributed by atoms with Gasteiger partial charge in [-0.25, -0.2) is 4.79 Å². The lowest BCUT2D eigenvalue weighted by molar-refractivity contribution is 0.117. The fraction of sp³-hybridized carbons (Fsp3) is 0.321. The van der Waals surface area contributed by atoms with Gasteiger partial charge in [-0.15, -0.1) is 0 Å². The summed E-state index contributed by atoms with van der Waals surface area (Å²) in [5, 5.41) is 0. The SMILES string of the molecule is Cc1ccc(CN(C(=O)N(C)c2ccccc2)C2CCN(Cc3ccccc3Br)CC2)cc1. The number of aryl methyl sites for hydroxylation is 1. The Hall–Kier alpha value is -2.63. The van der Waals surface area contributed by atoms with Crippen LogP contribution in [0.5, 0.6) is 0 Å². The number of carbonyl (C=O) groups is 1. The highest BCUT2D eigenvalue weighted by Gasteiger charge is 2.30. The highest BCUT2D eigenvalue weighted by molar-refractivity contribution is 9.10. The molecule has 0 aliphatic carbocycles. The van der Waals surface area contributed by atoms with E-state index in [9.17, 15) is 4.79 Å². The number of piperidine rings is 1. The Labute approximate surface area is 205 Å². The van der Waals surface area contributed by atoms with Crippen LogP contribution in [0, 0.1) is 6.92 Å². The van der Waals surface area contributed by atoms with Gasteiger partial charge in [-0.1, -0.05) is 82.2 Å². The van der Waals surface area contributed by atoms with Gasteiger partial charge in [-0.2, -0.15) is 0 Å². The highest BCUT2D eigenvalue weighted by atomic mass is 79.9. The molecule has 0 bridgehead atoms. The van der Waals surface area contributed by atoms with Crippen molar-refractivity contribution >= 4 is 27.6 Å². The van der Waals surface area contributed by atoms with Gasteiger partial charge in [-0.05, 0) is 49.1 Å². The number of hydrogen-bond acceptors (Lipinski definition) is 2. The Kier molecular flexibility index (Phi) is 7.84. The predicted octanol–water partition coefficient (Wildman–Crippen LogP) is 6.48. The number of para-hydroxylation sites is 1. The van der Waals surface area contributed by atoms with Crippen molar-refractivity contribution in [1.82, 2.24) is 9.80 Å². The normalized spacial score (nSPS) is 14.8. The molecule has 5 heteroatoms. The second kappa shape index (κ2) is 11.0. The number of rotatable bonds is 6. The first-order valence-electron chi connectivity index (χ1n) is 11.6. The van der Waals surface area contributed by atoms with Crippen LogP contribution in [0.25, 0.3) is 0 Å². The third kappa shape index (κ3) is 6.04. The molecular weight excluding hydrogens is 474 g/mol. The van der Waals surface area contributed by atoms with Crippen LogP contribution >= 0.6 is 15.9 Å². The number of benzene rings is 3. The number of carbonyl (C=O) groups excluding carboxylic acids is 1. The Morgan fingerprint density at radius 2 is 1.58 bits per heavy atom. The van der Waals surface area contributed by atoms with Gasteiger partial charge in [0.1, 0.15) is 0 Å². The lowest BCUT2D eigenvalue weighted by Gasteiger charge is -2.40. The third-order valence-corrected chi connectivity index (χ3v) is 7.27. The van der Waals surface area contributed by atoms with E-state index in [1.807, 2.05) is 37.4 Å². The zero-order valence-electron chi connectivity index (χ0n) is 19.5. The number of amides is 2. The molecule has 0 spiro atoms. The fourth-order valence-corrected chi connectivity index (χ4v) is 4.86. The van der Waals surface area contributed by atoms with Crippen molar-refractivity contribution in [2.45, 2.75) is 38.9 Å². The first-order chi connectivity index (χ1) is 16.0. The molecule has 1 fully saturated rings. The minimum atomic E-state index is 0.0611. The van der Waals surface area contributed by atoms with Crippen LogP contribution in [0.3, 0.4) is 0 Å². The second-order valence-corrected chi connectivity index (χ2v) is 9.74. The molecule has 172 valence electrons. The summed E-state index contributed by atoms with van der Waals surface area (Å²) in [7, 11) is 1.88. The summed E-state index contributed by atoms with van der Waals surface area (Å²) in [5.74, 6) is 0. The average molecular weight is 506 g/mol. The average Bonchev–Trinajstić information content (AvgIpc) is 2.85. The maximum absolute atomic E-state index is 13.7. The number of anilines is 1. The van der Waals surface area contributed by atoms with Crippen molar-refractivity contribution in [3.8, 4) is 0 Å². The molecule has 0 saturated carbocycles. The third-order valence-electron chi connectivity index (χ3n) is 6.50. The fourth-order valence-electron chi connectivity index (χ4n) is 4.45. The summed E-state index contributed by atoms with van der Waals surface area (Å²) in [6, 6.07) is 27.1. The smallest absolute Gasteiger partial charge is 0.317 e. The molecule has 4 nitrogen and oxygen atoms in total. The maximum atomic E-state index is 13.7. The van der Waals surface area contributed by atoms with Crippen LogP contribution in [0.4, 0.5) is 10.5 Å². The van der Waals surface area contributed by atoms with E-state index in [1.165, 1.54) is 16.7 Å². The van der Waals surface area contributed by atoms with Crippen molar-refractivity contribution in [2.75, 3.05) is 25.0 Å². The Balaban J connectivity index is 1.48. The van der Waals surface area contributed by atoms with E-state index in [2.05, 4.69) is 81.2 Å². The molecule has 3 aromatic carbocycles. The molecule has 1 aliphatic heterocycles. The van der Waals surface area contributed by atoms with Gasteiger partial charge in [-0.3, -0.25) is 9.80 Å². The van der Waals surface area contributed by atoms with Crippen molar-refractivity contribution in [3.05, 3.63) is 100 Å². The van der Waals surface area contributed by atoms with Gasteiger partial charge >= 0.3 is 6.03 Å². The molecule has 33 heavy (non-hydrogen) atoms. The first-order valence-corrected chi connectivity index (χ1v) is 12.4. The van der Waals surface area contributed by atoms with E-state index in [0.717, 1.165) is 42.6 Å². The number of hydrogen-bond donors (Lipinski definition) is 0. The Morgan fingerprint density at radius 1 is 0.939 bits per heavy atom. The molecule has 0 atom stereocenters. The molecule has 1 saturated heterocycles. The standard InChI is InChI=1S/C28H32BrN3O/c1-22-12-14-23(15-13-22)20-32(28(33)30(2)25-9-4-3-5-10-25)26-16-18-31(19-17-26)21-24-8-6-7-11-27(24)29/h3-15,26H,16-21H2,1-2H3. The monoisotopic (exact) mass is 505 g/mol. The van der Waals surface area contributed by atoms with Gasteiger partial charge in [0, 0.05) is 49.4 Å². The Morgan fingerprint density at radius 3 is 2.24 bits per heavy atom. The van der Waals surface area contributed by atoms with E-state index in [1.54, 1.807) is 4.90 Å². The molecule has 4 rings (SSSR count). The number of likely N-dealkylation sites (tertiary alicyclic amines) is 1. The van der Waals surface area contributed by atoms with Gasteiger partial charge in [0.2, 0.25) is 0 Å². The van der Waals surface area contributed by atoms with Crippen LogP contribution in [0.2, 0.25) is 0 Å². The lowest BCUT2D eigenvalue weighted by Crippen LogP contribution is -2.50. The molecule has 3 aromatic rings. The molecule has 1 aliphatic rings. The highest BCUT2D eigenvalue weighted by Crippen LogP contribution is 2.25. The van der Waals surface area contributed by atoms with Gasteiger partial charge in [0.15, 0.2) is 0 Å². The van der Waals surface area contributed by atoms with Crippen molar-refractivity contribution in [2.24, 2.45) is 0 Å². The van der Waals surface area contributed by atoms with E-state index in [0.29, 0.717) is 6.54 Å². The van der Waals surface area contributed by atoms with E-state index < -0.39 is 0 Å². The predicted molar refractivity (Wildman–Crippen MR) is 139 cm³/mol. The van der Waals surface area contributed by atoms with E-state index in [4.69, 9.17) is 0 Å². The van der Waals surface area contributed by atoms with Crippen molar-refractivity contribution in [1.29, 1.82) is 0 Å². The summed E-state index contributed by atoms with van der Waals surface area (Å²) >= 11 is 3.67. The van der Waals surface area contributed by atoms with Gasteiger partial charge in [0.05, 0.1) is 0 Å². The minimum absolute atomic E-state index is 0.0611. The second-order valence-electron chi connectivity index (χ2n) is 8.89. The maximum Gasteiger partial charge on any atom is 0.324 e. The molecular formula is C28H32BrN3O. The largest absolute Gasteiger partial charge is 0.324 e. The van der Waals surface area contributed by atoms with Crippen LogP contribution in [0.15, 0.2) is 83.3 Å². The van der Waals surface area contributed by atoms with Gasteiger partial charge < -0.3 is 4.90 Å². The molecule has 1 heterocycles. The van der Waals surface area contributed by atoms with Gasteiger partial charge in [0.25, 0.3) is 0 Å². The topological polar surface area (TPSA) is 26.8 Å². The summed E-state index contributed by atoms with van der Waals surface area (Å²) in [6.07, 6.45) is 1.95. The van der Waals surface area contributed by atoms with E-state index >= 15 is 0 Å². The molecule has 0 unspecified atom stereocenters. The summed E-state index contributed by atoms with van der Waals surface area (Å²) in [5.41, 5.74) is 4.64. The summed E-state index contributed by atoms with van der Waals surface area (Å²) in [6.45, 7) is 5.63. The zero-order chi connectivity index (χ0) is 23.2.